The highest BCUT2D eigenvalue weighted by Gasteiger charge is 2.46. The first-order valence-corrected chi connectivity index (χ1v) is 11.9. The van der Waals surface area contributed by atoms with Crippen molar-refractivity contribution in [1.29, 1.82) is 0 Å². The van der Waals surface area contributed by atoms with Gasteiger partial charge in [-0.25, -0.2) is 4.39 Å². The highest BCUT2D eigenvalue weighted by molar-refractivity contribution is 6.67. The molecule has 40 heavy (non-hydrogen) atoms. The number of anilines is 1. The van der Waals surface area contributed by atoms with E-state index in [0.29, 0.717) is 45.7 Å². The molecule has 7 nitrogen and oxygen atoms in total. The van der Waals surface area contributed by atoms with Crippen LogP contribution in [0.15, 0.2) is 18.2 Å². The van der Waals surface area contributed by atoms with Crippen LogP contribution in [0, 0.1) is 19.7 Å². The standard InChI is InChI=1S/C23H22B9FN4O3/c1-11(15-9-14(33)4-5-16(15)35-10-38)8-17-12(2)18(13(3)36-17)19(39)34-6-7-37(21(27,28)20(24,25)26)22(29,30)23(31,32)40/h4-5,8-10,36,40H,6-7H2,1-3H3,(H,34,39)(H,35,38)/b11-8+. The predicted octanol–water partition coefficient (Wildman–Crippen LogP) is -1.52. The third kappa shape index (κ3) is 7.08. The van der Waals surface area contributed by atoms with Crippen molar-refractivity contribution in [3.8, 4) is 0 Å². The van der Waals surface area contributed by atoms with Crippen LogP contribution in [-0.4, -0.2) is 127 Å². The van der Waals surface area contributed by atoms with Crippen LogP contribution in [0.25, 0.3) is 11.6 Å². The fourth-order valence-electron chi connectivity index (χ4n) is 4.08. The maximum absolute atomic E-state index is 13.9. The smallest absolute Gasteiger partial charge is 0.253 e. The summed E-state index contributed by atoms with van der Waals surface area (Å²) in [7, 11) is 52.0. The summed E-state index contributed by atoms with van der Waals surface area (Å²) in [5.74, 6) is -0.989. The molecule has 2 aromatic rings. The van der Waals surface area contributed by atoms with Gasteiger partial charge in [0.25, 0.3) is 5.91 Å². The first kappa shape index (κ1) is 33.8. The van der Waals surface area contributed by atoms with Gasteiger partial charge in [0.05, 0.1) is 76.2 Å². The van der Waals surface area contributed by atoms with E-state index >= 15 is 0 Å². The lowest BCUT2D eigenvalue weighted by Gasteiger charge is -2.61. The number of aryl methyl sites for hydroxylation is 1. The second-order valence-corrected chi connectivity index (χ2v) is 9.76. The Kier molecular flexibility index (Phi) is 10.3. The number of aromatic amines is 1. The van der Waals surface area contributed by atoms with Gasteiger partial charge in [0, 0.05) is 35.7 Å². The van der Waals surface area contributed by atoms with Gasteiger partial charge in [-0.15, -0.1) is 5.11 Å². The molecule has 0 aliphatic carbocycles. The van der Waals surface area contributed by atoms with Crippen LogP contribution in [0.4, 0.5) is 10.1 Å². The van der Waals surface area contributed by atoms with Gasteiger partial charge in [-0.2, -0.15) is 0 Å². The largest absolute Gasteiger partial charge is 0.409 e. The molecule has 0 unspecified atom stereocenters. The number of rotatable bonds is 12. The number of carbonyl (C=O) groups is 2. The first-order valence-electron chi connectivity index (χ1n) is 11.9. The summed E-state index contributed by atoms with van der Waals surface area (Å²) < 4.78 is 13.9. The van der Waals surface area contributed by atoms with Gasteiger partial charge >= 0.3 is 0 Å². The second kappa shape index (κ2) is 12.2. The fraction of sp³-hybridized carbons (Fsp3) is 0.391. The third-order valence-electron chi connectivity index (χ3n) is 6.53. The number of hydrogen-bond donors (Lipinski definition) is 4. The van der Waals surface area contributed by atoms with E-state index in [-0.39, 0.29) is 13.1 Å². The lowest BCUT2D eigenvalue weighted by atomic mass is 9.24. The van der Waals surface area contributed by atoms with Gasteiger partial charge in [0.2, 0.25) is 6.41 Å². The predicted molar refractivity (Wildman–Crippen MR) is 164 cm³/mol. The molecule has 186 valence electrons. The van der Waals surface area contributed by atoms with Crippen LogP contribution in [0.5, 0.6) is 0 Å². The van der Waals surface area contributed by atoms with Crippen molar-refractivity contribution in [3.05, 3.63) is 52.1 Å². The van der Waals surface area contributed by atoms with Gasteiger partial charge in [-0.05, 0) is 66.9 Å². The Bertz CT molecular complexity index is 1260. The van der Waals surface area contributed by atoms with Crippen LogP contribution >= 0.6 is 0 Å². The summed E-state index contributed by atoms with van der Waals surface area (Å²) >= 11 is 0. The Balaban J connectivity index is 2.33. The molecule has 18 radical (unpaired) electrons. The number of benzene rings is 1. The van der Waals surface area contributed by atoms with Crippen LogP contribution in [0.3, 0.4) is 0 Å². The zero-order valence-electron chi connectivity index (χ0n) is 22.6. The second-order valence-electron chi connectivity index (χ2n) is 9.76. The molecule has 1 heterocycles. The Labute approximate surface area is 246 Å². The van der Waals surface area contributed by atoms with Gasteiger partial charge in [0.15, 0.2) is 0 Å². The Hall–Kier alpha value is -2.39. The van der Waals surface area contributed by atoms with Crippen LogP contribution in [-0.2, 0) is 4.79 Å². The molecular formula is C23H22B9FN4O3. The monoisotopic (exact) mass is 520 g/mol. The number of amides is 2. The van der Waals surface area contributed by atoms with Crippen molar-refractivity contribution >= 4 is 100 Å². The van der Waals surface area contributed by atoms with E-state index in [9.17, 15) is 19.1 Å². The number of carbonyl (C=O) groups excluding carboxylic acids is 2. The summed E-state index contributed by atoms with van der Waals surface area (Å²) in [6.07, 6.45) is 2.21. The summed E-state index contributed by atoms with van der Waals surface area (Å²) in [6.45, 7) is 4.58. The summed E-state index contributed by atoms with van der Waals surface area (Å²) in [5.41, 5.74) is 3.48. The number of hydrogen-bond acceptors (Lipinski definition) is 4. The molecule has 1 aromatic heterocycles. The van der Waals surface area contributed by atoms with Crippen molar-refractivity contribution in [2.24, 2.45) is 0 Å². The number of H-pyrrole nitrogens is 1. The SMILES string of the molecule is [B]C([B])([B])C([B])([B])N(CCNC(=O)c1c(C)[nH]c(/C=C(\C)c2cc(F)ccc2NC=O)c1C)C([B])([B])C([B])([B])O. The Morgan fingerprint density at radius 2 is 1.68 bits per heavy atom. The number of nitrogens with zero attached hydrogens (tertiary/aromatic N) is 1. The maximum Gasteiger partial charge on any atom is 0.253 e. The molecule has 0 aliphatic heterocycles. The minimum absolute atomic E-state index is 0.199. The lowest BCUT2D eigenvalue weighted by molar-refractivity contribution is -0.105. The van der Waals surface area contributed by atoms with Crippen molar-refractivity contribution in [1.82, 2.24) is 15.2 Å². The van der Waals surface area contributed by atoms with E-state index in [1.165, 1.54) is 18.2 Å². The minimum atomic E-state index is -2.75. The molecule has 0 bridgehead atoms. The Morgan fingerprint density at radius 1 is 1.07 bits per heavy atom. The topological polar surface area (TPSA) is 97.5 Å². The minimum Gasteiger partial charge on any atom is -0.409 e. The molecule has 17 heteroatoms. The molecule has 0 saturated carbocycles. The number of aliphatic hydroxyl groups is 1. The van der Waals surface area contributed by atoms with Crippen LogP contribution < -0.4 is 10.6 Å². The lowest BCUT2D eigenvalue weighted by Crippen LogP contribution is -2.76. The molecule has 0 spiro atoms. The quantitative estimate of drug-likeness (QED) is 0.203. The normalized spacial score (nSPS) is 13.3. The van der Waals surface area contributed by atoms with Crippen LogP contribution in [0.2, 0.25) is 5.11 Å². The van der Waals surface area contributed by atoms with Crippen LogP contribution in [0.1, 0.15) is 39.8 Å². The van der Waals surface area contributed by atoms with Gasteiger partial charge in [-0.1, -0.05) is 5.34 Å². The van der Waals surface area contributed by atoms with Crippen molar-refractivity contribution in [2.75, 3.05) is 18.4 Å². The molecule has 0 aliphatic rings. The molecule has 0 atom stereocenters. The van der Waals surface area contributed by atoms with Gasteiger partial charge in [0.1, 0.15) is 5.82 Å². The molecule has 4 N–H and O–H groups in total. The molecule has 0 fully saturated rings. The van der Waals surface area contributed by atoms with Crippen molar-refractivity contribution < 1.29 is 19.1 Å². The van der Waals surface area contributed by atoms with E-state index in [1.54, 1.807) is 26.8 Å². The number of allylic oxidation sites excluding steroid dienone is 1. The molecule has 0 saturated heterocycles. The zero-order valence-corrected chi connectivity index (χ0v) is 22.6. The van der Waals surface area contributed by atoms with E-state index in [4.69, 9.17) is 70.6 Å². The van der Waals surface area contributed by atoms with Crippen molar-refractivity contribution in [3.63, 3.8) is 0 Å². The van der Waals surface area contributed by atoms with Gasteiger partial charge in [-0.3, -0.25) is 9.59 Å². The maximum atomic E-state index is 13.9. The summed E-state index contributed by atoms with van der Waals surface area (Å²) in [6, 6.07) is 3.96. The average molecular weight is 519 g/mol. The molecule has 2 rings (SSSR count). The van der Waals surface area contributed by atoms with E-state index < -0.39 is 32.9 Å². The first-order chi connectivity index (χ1) is 18.2. The number of nitrogens with one attached hydrogen (secondary N) is 3. The fourth-order valence-corrected chi connectivity index (χ4v) is 4.08. The summed E-state index contributed by atoms with van der Waals surface area (Å²) in [5, 5.41) is 5.39. The molecule has 1 aromatic carbocycles. The Morgan fingerprint density at radius 3 is 2.20 bits per heavy atom. The van der Waals surface area contributed by atoms with E-state index in [2.05, 4.69) is 15.6 Å². The number of halogens is 1. The summed E-state index contributed by atoms with van der Waals surface area (Å²) in [4.78, 5) is 28.0. The van der Waals surface area contributed by atoms with Gasteiger partial charge < -0.3 is 25.6 Å². The van der Waals surface area contributed by atoms with Crippen molar-refractivity contribution in [2.45, 2.75) is 42.0 Å². The highest BCUT2D eigenvalue weighted by Crippen LogP contribution is 2.34. The number of aromatic nitrogens is 1. The molecular weight excluding hydrogens is 497 g/mol. The highest BCUT2D eigenvalue weighted by atomic mass is 19.1. The third-order valence-corrected chi connectivity index (χ3v) is 6.53. The average Bonchev–Trinajstić information content (AvgIpc) is 3.08. The zero-order chi connectivity index (χ0) is 30.8. The van der Waals surface area contributed by atoms with E-state index in [1.807, 2.05) is 0 Å². The van der Waals surface area contributed by atoms with E-state index in [0.717, 1.165) is 4.90 Å². The molecule has 2 amide bonds.